The highest BCUT2D eigenvalue weighted by Crippen LogP contribution is 2.21. The Hall–Kier alpha value is -1.10. The molecular weight excluding hydrogens is 220 g/mol. The van der Waals surface area contributed by atoms with Crippen LogP contribution in [0.5, 0.6) is 0 Å². The molecule has 0 aliphatic rings. The zero-order valence-corrected chi connectivity index (χ0v) is 11.5. The summed E-state index contributed by atoms with van der Waals surface area (Å²) >= 11 is 0. The summed E-state index contributed by atoms with van der Waals surface area (Å²) in [6.07, 6.45) is 2.04. The largest absolute Gasteiger partial charge is 0.542 e. The molecule has 0 radical (unpaired) electrons. The SMILES string of the molecule is CCCC(=O)NC(CCC)(C(=O)[O-])[N+](C)(C)C. The van der Waals surface area contributed by atoms with E-state index in [2.05, 4.69) is 5.32 Å². The molecule has 0 saturated heterocycles. The van der Waals surface area contributed by atoms with Gasteiger partial charge in [-0.05, 0) is 12.8 Å². The zero-order valence-electron chi connectivity index (χ0n) is 11.5. The van der Waals surface area contributed by atoms with Gasteiger partial charge in [-0.25, -0.2) is 0 Å². The van der Waals surface area contributed by atoms with E-state index < -0.39 is 11.6 Å². The summed E-state index contributed by atoms with van der Waals surface area (Å²) in [7, 11) is 5.24. The zero-order chi connectivity index (χ0) is 13.7. The second-order valence-corrected chi connectivity index (χ2v) is 5.21. The third-order valence-corrected chi connectivity index (χ3v) is 2.92. The summed E-state index contributed by atoms with van der Waals surface area (Å²) in [5, 5.41) is 14.1. The van der Waals surface area contributed by atoms with Crippen molar-refractivity contribution in [3.05, 3.63) is 0 Å². The van der Waals surface area contributed by atoms with E-state index in [1.54, 1.807) is 21.1 Å². The highest BCUT2D eigenvalue weighted by Gasteiger charge is 2.45. The highest BCUT2D eigenvalue weighted by atomic mass is 16.4. The summed E-state index contributed by atoms with van der Waals surface area (Å²) in [6.45, 7) is 3.77. The Kier molecular flexibility index (Phi) is 5.61. The minimum Gasteiger partial charge on any atom is -0.542 e. The summed E-state index contributed by atoms with van der Waals surface area (Å²) in [5.41, 5.74) is -1.35. The van der Waals surface area contributed by atoms with Crippen LogP contribution in [-0.2, 0) is 9.59 Å². The number of nitrogens with one attached hydrogen (secondary N) is 1. The summed E-state index contributed by atoms with van der Waals surface area (Å²) < 4.78 is 0.110. The fraction of sp³-hybridized carbons (Fsp3) is 0.833. The number of amides is 1. The van der Waals surface area contributed by atoms with E-state index in [4.69, 9.17) is 0 Å². The normalized spacial score (nSPS) is 15.1. The lowest BCUT2D eigenvalue weighted by molar-refractivity contribution is -0.919. The Labute approximate surface area is 103 Å². The van der Waals surface area contributed by atoms with Gasteiger partial charge in [-0.15, -0.1) is 0 Å². The lowest BCUT2D eigenvalue weighted by Gasteiger charge is -2.46. The average molecular weight is 244 g/mol. The fourth-order valence-corrected chi connectivity index (χ4v) is 1.87. The van der Waals surface area contributed by atoms with E-state index in [1.807, 2.05) is 13.8 Å². The molecule has 1 atom stereocenters. The van der Waals surface area contributed by atoms with Crippen LogP contribution in [0.2, 0.25) is 0 Å². The van der Waals surface area contributed by atoms with Gasteiger partial charge >= 0.3 is 0 Å². The molecule has 0 fully saturated rings. The number of carboxylic acids is 1. The molecule has 5 nitrogen and oxygen atoms in total. The van der Waals surface area contributed by atoms with Crippen LogP contribution in [0.1, 0.15) is 39.5 Å². The Morgan fingerprint density at radius 2 is 1.71 bits per heavy atom. The molecule has 1 unspecified atom stereocenters. The van der Waals surface area contributed by atoms with Gasteiger partial charge in [0.1, 0.15) is 5.97 Å². The van der Waals surface area contributed by atoms with Crippen LogP contribution in [-0.4, -0.2) is 43.2 Å². The number of carbonyl (C=O) groups is 2. The fourth-order valence-electron chi connectivity index (χ4n) is 1.87. The molecule has 1 N–H and O–H groups in total. The molecule has 0 aromatic carbocycles. The number of nitrogens with zero attached hydrogens (tertiary/aromatic N) is 1. The van der Waals surface area contributed by atoms with E-state index in [-0.39, 0.29) is 10.4 Å². The van der Waals surface area contributed by atoms with E-state index >= 15 is 0 Å². The number of rotatable bonds is 7. The smallest absolute Gasteiger partial charge is 0.224 e. The molecule has 5 heteroatoms. The van der Waals surface area contributed by atoms with Gasteiger partial charge in [0.25, 0.3) is 0 Å². The molecule has 0 heterocycles. The molecule has 0 bridgehead atoms. The third-order valence-electron chi connectivity index (χ3n) is 2.92. The Balaban J connectivity index is 5.19. The van der Waals surface area contributed by atoms with Crippen molar-refractivity contribution in [2.24, 2.45) is 0 Å². The average Bonchev–Trinajstić information content (AvgIpc) is 2.15. The van der Waals surface area contributed by atoms with Crippen LogP contribution in [0, 0.1) is 0 Å². The molecule has 0 aromatic heterocycles. The standard InChI is InChI=1S/C12H24N2O3/c1-6-8-10(15)13-12(9-7-2,11(16)17)14(3,4)5/h6-9H2,1-5H3,(H-,13,15,16,17). The Morgan fingerprint density at radius 1 is 1.18 bits per heavy atom. The maximum absolute atomic E-state index is 11.7. The number of carbonyl (C=O) groups excluding carboxylic acids is 2. The van der Waals surface area contributed by atoms with Gasteiger partial charge in [-0.1, -0.05) is 13.8 Å². The summed E-state index contributed by atoms with van der Waals surface area (Å²) in [6, 6.07) is 0. The predicted molar refractivity (Wildman–Crippen MR) is 63.7 cm³/mol. The van der Waals surface area contributed by atoms with Crippen LogP contribution in [0.4, 0.5) is 0 Å². The van der Waals surface area contributed by atoms with Crippen molar-refractivity contribution >= 4 is 11.9 Å². The molecule has 1 amide bonds. The van der Waals surface area contributed by atoms with Crippen LogP contribution in [0.25, 0.3) is 0 Å². The van der Waals surface area contributed by atoms with Gasteiger partial charge in [0.05, 0.1) is 21.1 Å². The molecule has 0 aliphatic heterocycles. The first-order valence-electron chi connectivity index (χ1n) is 6.05. The van der Waals surface area contributed by atoms with Crippen molar-refractivity contribution in [2.45, 2.75) is 45.2 Å². The van der Waals surface area contributed by atoms with Crippen LogP contribution >= 0.6 is 0 Å². The predicted octanol–water partition coefficient (Wildman–Crippen LogP) is -0.145. The van der Waals surface area contributed by atoms with Crippen molar-refractivity contribution in [3.8, 4) is 0 Å². The monoisotopic (exact) mass is 244 g/mol. The number of hydrogen-bond acceptors (Lipinski definition) is 3. The number of likely N-dealkylation sites (N-methyl/N-ethyl adjacent to an activating group) is 1. The first-order valence-corrected chi connectivity index (χ1v) is 6.05. The van der Waals surface area contributed by atoms with Crippen molar-refractivity contribution < 1.29 is 19.2 Å². The molecule has 0 aliphatic carbocycles. The third kappa shape index (κ3) is 3.70. The maximum atomic E-state index is 11.7. The minimum atomic E-state index is -1.35. The molecular formula is C12H24N2O3. The number of quaternary nitrogens is 1. The lowest BCUT2D eigenvalue weighted by atomic mass is 10.00. The van der Waals surface area contributed by atoms with Gasteiger partial charge in [0.15, 0.2) is 0 Å². The van der Waals surface area contributed by atoms with Crippen LogP contribution in [0.15, 0.2) is 0 Å². The van der Waals surface area contributed by atoms with Crippen molar-refractivity contribution in [1.29, 1.82) is 0 Å². The number of aliphatic carboxylic acids is 1. The highest BCUT2D eigenvalue weighted by molar-refractivity contribution is 5.84. The van der Waals surface area contributed by atoms with Gasteiger partial charge in [-0.2, -0.15) is 0 Å². The Morgan fingerprint density at radius 3 is 2.00 bits per heavy atom. The van der Waals surface area contributed by atoms with Crippen LogP contribution in [0.3, 0.4) is 0 Å². The Bertz CT molecular complexity index is 284. The van der Waals surface area contributed by atoms with Crippen molar-refractivity contribution in [1.82, 2.24) is 5.32 Å². The molecule has 0 spiro atoms. The maximum Gasteiger partial charge on any atom is 0.224 e. The first kappa shape index (κ1) is 15.9. The molecule has 100 valence electrons. The molecule has 17 heavy (non-hydrogen) atoms. The van der Waals surface area contributed by atoms with E-state index in [0.717, 1.165) is 0 Å². The summed E-state index contributed by atoms with van der Waals surface area (Å²) in [5.74, 6) is -1.46. The second-order valence-electron chi connectivity index (χ2n) is 5.21. The number of hydrogen-bond donors (Lipinski definition) is 1. The summed E-state index contributed by atoms with van der Waals surface area (Å²) in [4.78, 5) is 23.1. The lowest BCUT2D eigenvalue weighted by Crippen LogP contribution is -2.74. The molecule has 0 rings (SSSR count). The van der Waals surface area contributed by atoms with E-state index in [1.165, 1.54) is 0 Å². The minimum absolute atomic E-state index is 0.110. The van der Waals surface area contributed by atoms with Gasteiger partial charge in [0.2, 0.25) is 11.6 Å². The van der Waals surface area contributed by atoms with Crippen molar-refractivity contribution in [3.63, 3.8) is 0 Å². The van der Waals surface area contributed by atoms with Crippen LogP contribution < -0.4 is 10.4 Å². The van der Waals surface area contributed by atoms with Gasteiger partial charge in [-0.3, -0.25) is 10.1 Å². The van der Waals surface area contributed by atoms with E-state index in [9.17, 15) is 14.7 Å². The molecule has 0 aromatic rings. The first-order chi connectivity index (χ1) is 7.71. The topological polar surface area (TPSA) is 69.2 Å². The number of carboxylic acid groups (broad SMARTS) is 1. The quantitative estimate of drug-likeness (QED) is 0.500. The van der Waals surface area contributed by atoms with Gasteiger partial charge < -0.3 is 14.4 Å². The van der Waals surface area contributed by atoms with E-state index in [0.29, 0.717) is 25.7 Å². The van der Waals surface area contributed by atoms with Crippen molar-refractivity contribution in [2.75, 3.05) is 21.1 Å². The second kappa shape index (κ2) is 6.00. The molecule has 0 saturated carbocycles. The van der Waals surface area contributed by atoms with Gasteiger partial charge in [0, 0.05) is 12.8 Å².